The lowest BCUT2D eigenvalue weighted by Gasteiger charge is -2.22. The van der Waals surface area contributed by atoms with Gasteiger partial charge in [0.2, 0.25) is 5.91 Å². The van der Waals surface area contributed by atoms with E-state index in [1.165, 1.54) is 0 Å². The SMILES string of the molecule is CC(NC(=O)C1NNNC1Nc1cccc(Cl)c1)c1ccccc1. The number of hydrogen-bond donors (Lipinski definition) is 5. The predicted octanol–water partition coefficient (Wildman–Crippen LogP) is 1.94. The molecule has 3 rings (SSSR count). The molecule has 126 valence electrons. The van der Waals surface area contributed by atoms with Crippen LogP contribution in [-0.4, -0.2) is 18.1 Å². The Morgan fingerprint density at radius 1 is 1.12 bits per heavy atom. The van der Waals surface area contributed by atoms with Crippen LogP contribution in [0.5, 0.6) is 0 Å². The fourth-order valence-corrected chi connectivity index (χ4v) is 2.78. The van der Waals surface area contributed by atoms with Gasteiger partial charge in [0.1, 0.15) is 12.2 Å². The van der Waals surface area contributed by atoms with Crippen molar-refractivity contribution in [3.8, 4) is 0 Å². The van der Waals surface area contributed by atoms with Gasteiger partial charge in [0, 0.05) is 10.7 Å². The molecule has 6 nitrogen and oxygen atoms in total. The highest BCUT2D eigenvalue weighted by Gasteiger charge is 2.33. The summed E-state index contributed by atoms with van der Waals surface area (Å²) in [7, 11) is 0. The molecule has 1 fully saturated rings. The summed E-state index contributed by atoms with van der Waals surface area (Å²) in [6.07, 6.45) is -0.313. The lowest BCUT2D eigenvalue weighted by atomic mass is 10.1. The maximum absolute atomic E-state index is 12.6. The molecule has 3 atom stereocenters. The molecule has 2 aromatic rings. The molecule has 2 aromatic carbocycles. The van der Waals surface area contributed by atoms with Crippen molar-refractivity contribution in [2.75, 3.05) is 5.32 Å². The first-order valence-electron chi connectivity index (χ1n) is 7.77. The highest BCUT2D eigenvalue weighted by molar-refractivity contribution is 6.30. The van der Waals surface area contributed by atoms with Gasteiger partial charge in [0.15, 0.2) is 0 Å². The smallest absolute Gasteiger partial charge is 0.242 e. The van der Waals surface area contributed by atoms with Gasteiger partial charge >= 0.3 is 0 Å². The molecule has 5 N–H and O–H groups in total. The number of halogens is 1. The standard InChI is InChI=1S/C17H20ClN5O/c1-11(12-6-3-2-4-7-12)19-17(24)15-16(22-23-21-15)20-14-9-5-8-13(18)10-14/h2-11,15-16,20-23H,1H3,(H,19,24). The Hall–Kier alpha value is -2.12. The lowest BCUT2D eigenvalue weighted by molar-refractivity contribution is -0.123. The summed E-state index contributed by atoms with van der Waals surface area (Å²) in [5.74, 6) is -0.108. The van der Waals surface area contributed by atoms with Crippen molar-refractivity contribution in [3.05, 3.63) is 65.2 Å². The number of nitrogens with one attached hydrogen (secondary N) is 5. The van der Waals surface area contributed by atoms with E-state index in [4.69, 9.17) is 11.6 Å². The topological polar surface area (TPSA) is 77.2 Å². The van der Waals surface area contributed by atoms with Crippen LogP contribution in [0.3, 0.4) is 0 Å². The largest absolute Gasteiger partial charge is 0.367 e. The van der Waals surface area contributed by atoms with Gasteiger partial charge in [-0.2, -0.15) is 5.53 Å². The van der Waals surface area contributed by atoms with Gasteiger partial charge in [0.05, 0.1) is 6.04 Å². The minimum absolute atomic E-state index is 0.0760. The number of benzene rings is 2. The highest BCUT2D eigenvalue weighted by atomic mass is 35.5. The van der Waals surface area contributed by atoms with Gasteiger partial charge in [-0.3, -0.25) is 4.79 Å². The second kappa shape index (κ2) is 7.63. The van der Waals surface area contributed by atoms with Crippen molar-refractivity contribution in [1.29, 1.82) is 0 Å². The van der Waals surface area contributed by atoms with Crippen molar-refractivity contribution in [1.82, 2.24) is 21.7 Å². The van der Waals surface area contributed by atoms with Gasteiger partial charge in [-0.05, 0) is 30.7 Å². The molecule has 3 unspecified atom stereocenters. The van der Waals surface area contributed by atoms with Crippen LogP contribution < -0.4 is 27.0 Å². The summed E-state index contributed by atoms with van der Waals surface area (Å²) in [5, 5.41) is 6.90. The zero-order valence-corrected chi connectivity index (χ0v) is 14.0. The molecule has 1 saturated heterocycles. The molecule has 1 aliphatic rings. The van der Waals surface area contributed by atoms with Crippen LogP contribution in [0, 0.1) is 0 Å². The van der Waals surface area contributed by atoms with Gasteiger partial charge in [-0.25, -0.2) is 10.9 Å². The van der Waals surface area contributed by atoms with Crippen LogP contribution in [0.1, 0.15) is 18.5 Å². The van der Waals surface area contributed by atoms with Gasteiger partial charge in [-0.15, -0.1) is 0 Å². The molecular weight excluding hydrogens is 326 g/mol. The molecule has 0 aromatic heterocycles. The Kier molecular flexibility index (Phi) is 5.32. The van der Waals surface area contributed by atoms with Gasteiger partial charge in [0.25, 0.3) is 0 Å². The summed E-state index contributed by atoms with van der Waals surface area (Å²) < 4.78 is 0. The molecule has 0 aliphatic carbocycles. The van der Waals surface area contributed by atoms with E-state index >= 15 is 0 Å². The normalized spacial score (nSPS) is 21.2. The Bertz CT molecular complexity index is 696. The summed E-state index contributed by atoms with van der Waals surface area (Å²) in [6, 6.07) is 16.7. The first kappa shape index (κ1) is 16.7. The maximum atomic E-state index is 12.6. The van der Waals surface area contributed by atoms with Crippen LogP contribution in [0.15, 0.2) is 54.6 Å². The molecule has 0 saturated carbocycles. The van der Waals surface area contributed by atoms with E-state index in [9.17, 15) is 4.79 Å². The lowest BCUT2D eigenvalue weighted by Crippen LogP contribution is -2.50. The van der Waals surface area contributed by atoms with Crippen LogP contribution in [0.2, 0.25) is 5.02 Å². The van der Waals surface area contributed by atoms with Crippen LogP contribution in [0.25, 0.3) is 0 Å². The average molecular weight is 346 g/mol. The molecule has 0 bridgehead atoms. The minimum atomic E-state index is -0.477. The van der Waals surface area contributed by atoms with Crippen molar-refractivity contribution in [3.63, 3.8) is 0 Å². The van der Waals surface area contributed by atoms with Crippen LogP contribution in [-0.2, 0) is 4.79 Å². The van der Waals surface area contributed by atoms with E-state index in [1.54, 1.807) is 6.07 Å². The zero-order valence-electron chi connectivity index (χ0n) is 13.2. The Balaban J connectivity index is 1.63. The van der Waals surface area contributed by atoms with Gasteiger partial charge in [-0.1, -0.05) is 48.0 Å². The Labute approximate surface area is 145 Å². The van der Waals surface area contributed by atoms with Gasteiger partial charge < -0.3 is 10.6 Å². The first-order valence-corrected chi connectivity index (χ1v) is 8.15. The first-order chi connectivity index (χ1) is 11.6. The van der Waals surface area contributed by atoms with E-state index in [0.29, 0.717) is 5.02 Å². The fourth-order valence-electron chi connectivity index (χ4n) is 2.59. The third kappa shape index (κ3) is 4.04. The second-order valence-electron chi connectivity index (χ2n) is 5.66. The number of carbonyl (C=O) groups is 1. The van der Waals surface area contributed by atoms with E-state index in [2.05, 4.69) is 27.0 Å². The van der Waals surface area contributed by atoms with E-state index in [-0.39, 0.29) is 18.1 Å². The number of hydrazine groups is 2. The second-order valence-corrected chi connectivity index (χ2v) is 6.10. The van der Waals surface area contributed by atoms with Crippen molar-refractivity contribution < 1.29 is 4.79 Å². The molecule has 0 radical (unpaired) electrons. The third-order valence-corrected chi connectivity index (χ3v) is 4.11. The summed E-state index contributed by atoms with van der Waals surface area (Å²) in [6.45, 7) is 1.96. The van der Waals surface area contributed by atoms with E-state index < -0.39 is 6.04 Å². The van der Waals surface area contributed by atoms with Crippen molar-refractivity contribution >= 4 is 23.2 Å². The number of anilines is 1. The van der Waals surface area contributed by atoms with E-state index in [1.807, 2.05) is 55.5 Å². The monoisotopic (exact) mass is 345 g/mol. The van der Waals surface area contributed by atoms with Crippen LogP contribution in [0.4, 0.5) is 5.69 Å². The van der Waals surface area contributed by atoms with Crippen LogP contribution >= 0.6 is 11.6 Å². The number of rotatable bonds is 5. The fraction of sp³-hybridized carbons (Fsp3) is 0.235. The number of hydrogen-bond acceptors (Lipinski definition) is 5. The predicted molar refractivity (Wildman–Crippen MR) is 95.1 cm³/mol. The van der Waals surface area contributed by atoms with Crippen molar-refractivity contribution in [2.24, 2.45) is 0 Å². The Morgan fingerprint density at radius 2 is 1.92 bits per heavy atom. The minimum Gasteiger partial charge on any atom is -0.367 e. The number of amides is 1. The average Bonchev–Trinajstić information content (AvgIpc) is 3.04. The molecule has 1 heterocycles. The molecule has 1 amide bonds. The van der Waals surface area contributed by atoms with E-state index in [0.717, 1.165) is 11.3 Å². The molecule has 7 heteroatoms. The van der Waals surface area contributed by atoms with Crippen molar-refractivity contribution in [2.45, 2.75) is 25.2 Å². The number of carbonyl (C=O) groups excluding carboxylic acids is 1. The maximum Gasteiger partial charge on any atom is 0.242 e. The molecule has 1 aliphatic heterocycles. The molecular formula is C17H20ClN5O. The zero-order chi connectivity index (χ0) is 16.9. The highest BCUT2D eigenvalue weighted by Crippen LogP contribution is 2.17. The summed E-state index contributed by atoms with van der Waals surface area (Å²) >= 11 is 5.99. The molecule has 0 spiro atoms. The molecule has 24 heavy (non-hydrogen) atoms. The third-order valence-electron chi connectivity index (χ3n) is 3.88. The Morgan fingerprint density at radius 3 is 2.67 bits per heavy atom. The summed E-state index contributed by atoms with van der Waals surface area (Å²) in [4.78, 5) is 12.6. The summed E-state index contributed by atoms with van der Waals surface area (Å²) in [5.41, 5.74) is 10.6. The quantitative estimate of drug-likeness (QED) is 0.572.